The first-order chi connectivity index (χ1) is 9.08. The van der Waals surface area contributed by atoms with Gasteiger partial charge in [-0.1, -0.05) is 6.92 Å². The van der Waals surface area contributed by atoms with Crippen molar-refractivity contribution >= 4 is 17.3 Å². The Bertz CT molecular complexity index is 608. The third-order valence-electron chi connectivity index (χ3n) is 4.08. The van der Waals surface area contributed by atoms with Crippen LogP contribution in [-0.2, 0) is 0 Å². The van der Waals surface area contributed by atoms with Crippen LogP contribution in [0.15, 0.2) is 24.5 Å². The lowest BCUT2D eigenvalue weighted by Crippen LogP contribution is -2.45. The molecule has 2 aromatic heterocycles. The van der Waals surface area contributed by atoms with E-state index in [-0.39, 0.29) is 5.41 Å². The first kappa shape index (κ1) is 12.0. The van der Waals surface area contributed by atoms with Crippen LogP contribution >= 0.6 is 0 Å². The summed E-state index contributed by atoms with van der Waals surface area (Å²) < 4.78 is 1.76. The maximum absolute atomic E-state index is 7.68. The summed E-state index contributed by atoms with van der Waals surface area (Å²) in [5, 5.41) is 11.8. The van der Waals surface area contributed by atoms with E-state index in [1.54, 1.807) is 10.7 Å². The zero-order valence-corrected chi connectivity index (χ0v) is 11.0. The third-order valence-corrected chi connectivity index (χ3v) is 4.08. The van der Waals surface area contributed by atoms with E-state index in [9.17, 15) is 0 Å². The number of hydrogen-bond donors (Lipinski definition) is 2. The van der Waals surface area contributed by atoms with E-state index in [2.05, 4.69) is 21.9 Å². The first-order valence-corrected chi connectivity index (χ1v) is 6.48. The molecular weight excluding hydrogens is 240 g/mol. The van der Waals surface area contributed by atoms with E-state index >= 15 is 0 Å². The molecule has 1 aliphatic heterocycles. The Hall–Kier alpha value is -2.11. The summed E-state index contributed by atoms with van der Waals surface area (Å²) in [4.78, 5) is 6.84. The minimum absolute atomic E-state index is 0.156. The Labute approximate surface area is 111 Å². The zero-order valence-electron chi connectivity index (χ0n) is 11.0. The van der Waals surface area contributed by atoms with Crippen molar-refractivity contribution in [1.29, 1.82) is 5.41 Å². The number of amidine groups is 1. The van der Waals surface area contributed by atoms with Gasteiger partial charge in [-0.05, 0) is 18.9 Å². The van der Waals surface area contributed by atoms with Crippen molar-refractivity contribution in [1.82, 2.24) is 14.6 Å². The Morgan fingerprint density at radius 2 is 2.11 bits per heavy atom. The van der Waals surface area contributed by atoms with Gasteiger partial charge in [0, 0.05) is 30.8 Å². The molecule has 100 valence electrons. The van der Waals surface area contributed by atoms with E-state index in [1.165, 1.54) is 0 Å². The van der Waals surface area contributed by atoms with E-state index in [0.717, 1.165) is 37.4 Å². The van der Waals surface area contributed by atoms with Crippen LogP contribution < -0.4 is 10.6 Å². The maximum Gasteiger partial charge on any atom is 0.157 e. The summed E-state index contributed by atoms with van der Waals surface area (Å²) >= 11 is 0. The molecule has 3 heterocycles. The highest BCUT2D eigenvalue weighted by molar-refractivity contribution is 5.83. The molecule has 0 spiro atoms. The molecule has 0 saturated carbocycles. The minimum atomic E-state index is -0.156. The normalized spacial score (nSPS) is 18.7. The molecule has 0 aliphatic carbocycles. The van der Waals surface area contributed by atoms with Crippen molar-refractivity contribution in [3.63, 3.8) is 0 Å². The van der Waals surface area contributed by atoms with Crippen molar-refractivity contribution in [3.8, 4) is 0 Å². The van der Waals surface area contributed by atoms with Crippen LogP contribution in [0.1, 0.15) is 19.8 Å². The molecule has 0 amide bonds. The number of nitrogens with one attached hydrogen (secondary N) is 1. The van der Waals surface area contributed by atoms with Crippen LogP contribution in [0.5, 0.6) is 0 Å². The number of nitrogens with two attached hydrogens (primary N) is 1. The summed E-state index contributed by atoms with van der Waals surface area (Å²) in [6.45, 7) is 3.83. The van der Waals surface area contributed by atoms with Crippen molar-refractivity contribution in [2.45, 2.75) is 19.8 Å². The van der Waals surface area contributed by atoms with Gasteiger partial charge in [0.15, 0.2) is 5.65 Å². The van der Waals surface area contributed by atoms with Crippen molar-refractivity contribution in [2.75, 3.05) is 18.0 Å². The topological polar surface area (TPSA) is 83.3 Å². The molecule has 1 fully saturated rings. The Morgan fingerprint density at radius 3 is 2.79 bits per heavy atom. The third kappa shape index (κ3) is 2.03. The lowest BCUT2D eigenvalue weighted by Gasteiger charge is -2.39. The molecule has 1 aliphatic rings. The largest absolute Gasteiger partial charge is 0.387 e. The summed E-state index contributed by atoms with van der Waals surface area (Å²) in [7, 11) is 0. The van der Waals surface area contributed by atoms with Gasteiger partial charge >= 0.3 is 0 Å². The van der Waals surface area contributed by atoms with Gasteiger partial charge in [0.25, 0.3) is 0 Å². The van der Waals surface area contributed by atoms with Gasteiger partial charge in [0.1, 0.15) is 5.82 Å². The molecule has 6 heteroatoms. The second-order valence-electron chi connectivity index (χ2n) is 5.38. The fourth-order valence-corrected chi connectivity index (χ4v) is 2.48. The van der Waals surface area contributed by atoms with Crippen LogP contribution in [0.3, 0.4) is 0 Å². The van der Waals surface area contributed by atoms with Crippen LogP contribution in [0.25, 0.3) is 5.65 Å². The van der Waals surface area contributed by atoms with Gasteiger partial charge in [0.2, 0.25) is 0 Å². The Kier molecular flexibility index (Phi) is 2.66. The van der Waals surface area contributed by atoms with Crippen LogP contribution in [0, 0.1) is 10.8 Å². The standard InChI is InChI=1S/C13H18N6/c1-13(12(14)15)4-8-18(9-5-13)10-3-7-19-11(17-10)2-6-16-19/h2-3,6-7H,4-5,8-9H2,1H3,(H3,14,15). The average Bonchev–Trinajstić information content (AvgIpc) is 2.86. The predicted octanol–water partition coefficient (Wildman–Crippen LogP) is 1.27. The average molecular weight is 258 g/mol. The molecule has 0 radical (unpaired) electrons. The van der Waals surface area contributed by atoms with Gasteiger partial charge in [-0.15, -0.1) is 0 Å². The second-order valence-corrected chi connectivity index (χ2v) is 5.38. The number of nitrogens with zero attached hydrogens (tertiary/aromatic N) is 4. The second kappa shape index (κ2) is 4.22. The van der Waals surface area contributed by atoms with Gasteiger partial charge in [0.05, 0.1) is 12.0 Å². The number of rotatable bonds is 2. The number of hydrogen-bond acceptors (Lipinski definition) is 4. The molecule has 1 saturated heterocycles. The smallest absolute Gasteiger partial charge is 0.157 e. The molecule has 3 rings (SSSR count). The highest BCUT2D eigenvalue weighted by Gasteiger charge is 2.33. The maximum atomic E-state index is 7.68. The molecule has 2 aromatic rings. The van der Waals surface area contributed by atoms with E-state index in [0.29, 0.717) is 5.84 Å². The molecule has 0 bridgehead atoms. The highest BCUT2D eigenvalue weighted by Crippen LogP contribution is 2.32. The quantitative estimate of drug-likeness (QED) is 0.627. The van der Waals surface area contributed by atoms with Crippen LogP contribution in [0.2, 0.25) is 0 Å². The number of aromatic nitrogens is 3. The summed E-state index contributed by atoms with van der Waals surface area (Å²) in [5.74, 6) is 1.27. The number of anilines is 1. The van der Waals surface area contributed by atoms with Gasteiger partial charge < -0.3 is 10.6 Å². The van der Waals surface area contributed by atoms with Crippen molar-refractivity contribution in [3.05, 3.63) is 24.5 Å². The van der Waals surface area contributed by atoms with Gasteiger partial charge in [-0.25, -0.2) is 9.50 Å². The number of fused-ring (bicyclic) bond motifs is 1. The molecule has 3 N–H and O–H groups in total. The first-order valence-electron chi connectivity index (χ1n) is 6.48. The fourth-order valence-electron chi connectivity index (χ4n) is 2.48. The van der Waals surface area contributed by atoms with Crippen LogP contribution in [0.4, 0.5) is 5.82 Å². The van der Waals surface area contributed by atoms with E-state index < -0.39 is 0 Å². The Balaban J connectivity index is 1.79. The van der Waals surface area contributed by atoms with Gasteiger partial charge in [-0.3, -0.25) is 5.41 Å². The molecular formula is C13H18N6. The zero-order chi connectivity index (χ0) is 13.5. The lowest BCUT2D eigenvalue weighted by atomic mass is 9.79. The molecule has 0 unspecified atom stereocenters. The SMILES string of the molecule is CC1(C(=N)N)CCN(c2ccn3nccc3n2)CC1. The van der Waals surface area contributed by atoms with E-state index in [4.69, 9.17) is 11.1 Å². The van der Waals surface area contributed by atoms with Crippen LogP contribution in [-0.4, -0.2) is 33.5 Å². The van der Waals surface area contributed by atoms with E-state index in [1.807, 2.05) is 18.3 Å². The minimum Gasteiger partial charge on any atom is -0.387 e. The molecule has 19 heavy (non-hydrogen) atoms. The number of piperidine rings is 1. The Morgan fingerprint density at radius 1 is 1.37 bits per heavy atom. The lowest BCUT2D eigenvalue weighted by molar-refractivity contribution is 0.350. The van der Waals surface area contributed by atoms with Crippen molar-refractivity contribution in [2.24, 2.45) is 11.1 Å². The predicted molar refractivity (Wildman–Crippen MR) is 74.5 cm³/mol. The molecule has 0 aromatic carbocycles. The monoisotopic (exact) mass is 258 g/mol. The molecule has 6 nitrogen and oxygen atoms in total. The summed E-state index contributed by atoms with van der Waals surface area (Å²) in [6, 6.07) is 3.88. The highest BCUT2D eigenvalue weighted by atomic mass is 15.3. The summed E-state index contributed by atoms with van der Waals surface area (Å²) in [6.07, 6.45) is 5.47. The molecule has 0 atom stereocenters. The van der Waals surface area contributed by atoms with Gasteiger partial charge in [-0.2, -0.15) is 5.10 Å². The fraction of sp³-hybridized carbons (Fsp3) is 0.462. The van der Waals surface area contributed by atoms with Crippen molar-refractivity contribution < 1.29 is 0 Å². The summed E-state index contributed by atoms with van der Waals surface area (Å²) in [5.41, 5.74) is 6.39.